The molecule has 4 aliphatic carbocycles. The van der Waals surface area contributed by atoms with E-state index in [2.05, 4.69) is 9.88 Å². The fourth-order valence-corrected chi connectivity index (χ4v) is 7.84. The molecule has 32 heavy (non-hydrogen) atoms. The summed E-state index contributed by atoms with van der Waals surface area (Å²) in [4.78, 5) is 17.9. The van der Waals surface area contributed by atoms with E-state index in [1.165, 1.54) is 37.7 Å². The van der Waals surface area contributed by atoms with Crippen molar-refractivity contribution in [1.82, 2.24) is 19.2 Å². The molecule has 1 N–H and O–H groups in total. The minimum Gasteiger partial charge on any atom is -0.351 e. The zero-order valence-electron chi connectivity index (χ0n) is 19.3. The van der Waals surface area contributed by atoms with Crippen molar-refractivity contribution in [3.05, 3.63) is 24.0 Å². The van der Waals surface area contributed by atoms with Gasteiger partial charge in [-0.2, -0.15) is 0 Å². The van der Waals surface area contributed by atoms with Crippen molar-refractivity contribution >= 4 is 27.0 Å². The van der Waals surface area contributed by atoms with E-state index in [-0.39, 0.29) is 16.3 Å². The van der Waals surface area contributed by atoms with Gasteiger partial charge in [0.05, 0.1) is 15.9 Å². The molecule has 0 spiro atoms. The maximum absolute atomic E-state index is 12.9. The lowest BCUT2D eigenvalue weighted by Crippen LogP contribution is -2.59. The third-order valence-corrected chi connectivity index (χ3v) is 9.72. The number of amides is 1. The van der Waals surface area contributed by atoms with Gasteiger partial charge in [-0.25, -0.2) is 17.7 Å². The van der Waals surface area contributed by atoms with Crippen molar-refractivity contribution in [3.63, 3.8) is 0 Å². The molecule has 7 nitrogen and oxygen atoms in total. The van der Waals surface area contributed by atoms with Gasteiger partial charge in [0, 0.05) is 39.0 Å². The first-order valence-corrected chi connectivity index (χ1v) is 13.4. The summed E-state index contributed by atoms with van der Waals surface area (Å²) in [5.41, 5.74) is 1.60. The highest BCUT2D eigenvalue weighted by molar-refractivity contribution is 7.89. The summed E-state index contributed by atoms with van der Waals surface area (Å²) < 4.78 is 28.3. The molecule has 174 valence electrons. The standard InChI is InChI=1S/C24H34N4O3S/c1-4-28-21-6-5-19(32(30,31)27(2)3)12-20(21)25-22(28)7-8-23(29)26-24-13-16-9-17(14-24)11-18(10-16)15-24/h5-6,12,16-18H,4,7-11,13-15H2,1-3H3,(H,26,29). The second kappa shape index (κ2) is 7.83. The van der Waals surface area contributed by atoms with Crippen LogP contribution in [0.15, 0.2) is 23.1 Å². The summed E-state index contributed by atoms with van der Waals surface area (Å²) in [5, 5.41) is 3.45. The Morgan fingerprint density at radius 3 is 2.34 bits per heavy atom. The maximum atomic E-state index is 12.9. The maximum Gasteiger partial charge on any atom is 0.242 e. The zero-order chi connectivity index (χ0) is 22.7. The van der Waals surface area contributed by atoms with Crippen LogP contribution >= 0.6 is 0 Å². The Kier molecular flexibility index (Phi) is 5.36. The summed E-state index contributed by atoms with van der Waals surface area (Å²) in [6.07, 6.45) is 8.51. The summed E-state index contributed by atoms with van der Waals surface area (Å²) in [5.74, 6) is 3.37. The van der Waals surface area contributed by atoms with Crippen LogP contribution in [0.3, 0.4) is 0 Å². The lowest BCUT2D eigenvalue weighted by molar-refractivity contribution is -0.126. The summed E-state index contributed by atoms with van der Waals surface area (Å²) in [6, 6.07) is 5.09. The van der Waals surface area contributed by atoms with E-state index in [9.17, 15) is 13.2 Å². The van der Waals surface area contributed by atoms with Gasteiger partial charge in [-0.05, 0) is 81.4 Å². The molecular weight excluding hydrogens is 424 g/mol. The Balaban J connectivity index is 1.31. The number of nitrogens with one attached hydrogen (secondary N) is 1. The molecule has 1 aromatic heterocycles. The van der Waals surface area contributed by atoms with E-state index in [4.69, 9.17) is 4.98 Å². The number of hydrogen-bond donors (Lipinski definition) is 1. The number of sulfonamides is 1. The Bertz CT molecular complexity index is 1120. The summed E-state index contributed by atoms with van der Waals surface area (Å²) in [7, 11) is -0.459. The van der Waals surface area contributed by atoms with Crippen LogP contribution in [-0.4, -0.2) is 47.8 Å². The first-order valence-electron chi connectivity index (χ1n) is 11.9. The monoisotopic (exact) mass is 458 g/mol. The number of aromatic nitrogens is 2. The van der Waals surface area contributed by atoms with E-state index >= 15 is 0 Å². The molecule has 2 aromatic rings. The van der Waals surface area contributed by atoms with E-state index in [0.29, 0.717) is 18.4 Å². The molecule has 4 bridgehead atoms. The lowest BCUT2D eigenvalue weighted by atomic mass is 9.53. The minimum absolute atomic E-state index is 0.0339. The molecule has 1 amide bonds. The topological polar surface area (TPSA) is 84.3 Å². The van der Waals surface area contributed by atoms with Crippen molar-refractivity contribution in [2.24, 2.45) is 17.8 Å². The highest BCUT2D eigenvalue weighted by Crippen LogP contribution is 2.55. The highest BCUT2D eigenvalue weighted by atomic mass is 32.2. The Labute approximate surface area is 190 Å². The molecule has 0 unspecified atom stereocenters. The molecule has 0 radical (unpaired) electrons. The van der Waals surface area contributed by atoms with Gasteiger partial charge in [-0.15, -0.1) is 0 Å². The van der Waals surface area contributed by atoms with E-state index < -0.39 is 10.0 Å². The predicted octanol–water partition coefficient (Wildman–Crippen LogP) is 3.32. The first-order chi connectivity index (χ1) is 15.2. The number of carbonyl (C=O) groups is 1. The molecule has 0 aliphatic heterocycles. The molecule has 1 heterocycles. The van der Waals surface area contributed by atoms with Crippen molar-refractivity contribution in [2.75, 3.05) is 14.1 Å². The Morgan fingerprint density at radius 1 is 1.16 bits per heavy atom. The average Bonchev–Trinajstić information content (AvgIpc) is 3.07. The van der Waals surface area contributed by atoms with Crippen LogP contribution in [0.2, 0.25) is 0 Å². The Morgan fingerprint density at radius 2 is 1.78 bits per heavy atom. The molecule has 0 saturated heterocycles. The minimum atomic E-state index is -3.51. The van der Waals surface area contributed by atoms with Crippen molar-refractivity contribution in [3.8, 4) is 0 Å². The van der Waals surface area contributed by atoms with Crippen molar-refractivity contribution in [1.29, 1.82) is 0 Å². The number of nitrogens with zero attached hydrogens (tertiary/aromatic N) is 3. The molecular formula is C24H34N4O3S. The summed E-state index contributed by atoms with van der Waals surface area (Å²) in [6.45, 7) is 2.77. The molecule has 4 fully saturated rings. The molecule has 8 heteroatoms. The molecule has 0 atom stereocenters. The van der Waals surface area contributed by atoms with E-state index in [0.717, 1.165) is 54.9 Å². The number of benzene rings is 1. The van der Waals surface area contributed by atoms with Crippen molar-refractivity contribution in [2.45, 2.75) is 75.3 Å². The van der Waals surface area contributed by atoms with Gasteiger partial charge in [0.2, 0.25) is 15.9 Å². The number of imidazole rings is 1. The molecule has 6 rings (SSSR count). The smallest absolute Gasteiger partial charge is 0.242 e. The lowest BCUT2D eigenvalue weighted by Gasteiger charge is -2.56. The van der Waals surface area contributed by atoms with Crippen LogP contribution in [0.4, 0.5) is 0 Å². The van der Waals surface area contributed by atoms with Crippen LogP contribution < -0.4 is 5.32 Å². The first kappa shape index (κ1) is 21.9. The molecule has 4 aliphatic rings. The van der Waals surface area contributed by atoms with Crippen LogP contribution in [0.5, 0.6) is 0 Å². The Hall–Kier alpha value is -1.93. The van der Waals surface area contributed by atoms with Crippen LogP contribution in [0, 0.1) is 17.8 Å². The zero-order valence-corrected chi connectivity index (χ0v) is 20.1. The number of rotatable bonds is 7. The summed E-state index contributed by atoms with van der Waals surface area (Å²) >= 11 is 0. The number of aryl methyl sites for hydroxylation is 2. The van der Waals surface area contributed by atoms with Gasteiger partial charge in [0.15, 0.2) is 0 Å². The highest BCUT2D eigenvalue weighted by Gasteiger charge is 2.51. The third-order valence-electron chi connectivity index (χ3n) is 7.91. The second-order valence-electron chi connectivity index (χ2n) is 10.5. The fraction of sp³-hybridized carbons (Fsp3) is 0.667. The second-order valence-corrected chi connectivity index (χ2v) is 12.6. The van der Waals surface area contributed by atoms with Crippen molar-refractivity contribution < 1.29 is 13.2 Å². The SMILES string of the molecule is CCn1c(CCC(=O)NC23CC4CC(CC(C4)C2)C3)nc2cc(S(=O)(=O)N(C)C)ccc21. The van der Waals surface area contributed by atoms with Crippen LogP contribution in [-0.2, 0) is 27.8 Å². The average molecular weight is 459 g/mol. The number of carbonyl (C=O) groups excluding carboxylic acids is 1. The van der Waals surface area contributed by atoms with Gasteiger partial charge < -0.3 is 9.88 Å². The van der Waals surface area contributed by atoms with Crippen LogP contribution in [0.1, 0.15) is 57.7 Å². The van der Waals surface area contributed by atoms with Gasteiger partial charge in [-0.1, -0.05) is 0 Å². The normalized spacial score (nSPS) is 29.2. The van der Waals surface area contributed by atoms with Gasteiger partial charge in [-0.3, -0.25) is 4.79 Å². The van der Waals surface area contributed by atoms with E-state index in [1.807, 2.05) is 13.0 Å². The molecule has 1 aromatic carbocycles. The predicted molar refractivity (Wildman–Crippen MR) is 124 cm³/mol. The third kappa shape index (κ3) is 3.75. The quantitative estimate of drug-likeness (QED) is 0.690. The van der Waals surface area contributed by atoms with Gasteiger partial charge in [0.25, 0.3) is 0 Å². The number of fused-ring (bicyclic) bond motifs is 1. The van der Waals surface area contributed by atoms with Gasteiger partial charge >= 0.3 is 0 Å². The van der Waals surface area contributed by atoms with Crippen LogP contribution in [0.25, 0.3) is 11.0 Å². The fourth-order valence-electron chi connectivity index (χ4n) is 6.92. The number of hydrogen-bond acceptors (Lipinski definition) is 4. The van der Waals surface area contributed by atoms with Gasteiger partial charge in [0.1, 0.15) is 5.82 Å². The largest absolute Gasteiger partial charge is 0.351 e. The van der Waals surface area contributed by atoms with E-state index in [1.54, 1.807) is 12.1 Å². The molecule has 4 saturated carbocycles.